The Morgan fingerprint density at radius 3 is 2.60 bits per heavy atom. The molecule has 0 atom stereocenters. The predicted molar refractivity (Wildman–Crippen MR) is 47.4 cm³/mol. The fourth-order valence-corrected chi connectivity index (χ4v) is 0.672. The predicted octanol–water partition coefficient (Wildman–Crippen LogP) is 2.95. The average Bonchev–Trinajstić information content (AvgIpc) is 1.98. The molecule has 0 N–H and O–H groups in total. The monoisotopic (exact) mass is 137 g/mol. The van der Waals surface area contributed by atoms with Gasteiger partial charge in [-0.25, -0.2) is 0 Å². The van der Waals surface area contributed by atoms with Gasteiger partial charge in [0.2, 0.25) is 0 Å². The van der Waals surface area contributed by atoms with Crippen molar-refractivity contribution < 1.29 is 0 Å². The summed E-state index contributed by atoms with van der Waals surface area (Å²) in [5.41, 5.74) is 1.14. The van der Waals surface area contributed by atoms with E-state index in [-0.39, 0.29) is 0 Å². The molecule has 0 aromatic carbocycles. The van der Waals surface area contributed by atoms with E-state index in [0.29, 0.717) is 0 Å². The lowest BCUT2D eigenvalue weighted by molar-refractivity contribution is 1.03. The fraction of sp³-hybridized carbons (Fsp3) is 0.444. The van der Waals surface area contributed by atoms with Crippen LogP contribution in [0.3, 0.4) is 0 Å². The first-order valence-corrected chi connectivity index (χ1v) is 3.69. The Morgan fingerprint density at radius 1 is 1.50 bits per heavy atom. The summed E-state index contributed by atoms with van der Waals surface area (Å²) < 4.78 is 0. The topological polar surface area (TPSA) is 12.4 Å². The highest BCUT2D eigenvalue weighted by Gasteiger charge is 1.84. The van der Waals surface area contributed by atoms with E-state index in [1.54, 1.807) is 12.3 Å². The van der Waals surface area contributed by atoms with Crippen LogP contribution in [0, 0.1) is 0 Å². The highest BCUT2D eigenvalue weighted by atomic mass is 14.7. The zero-order chi connectivity index (χ0) is 7.82. The Balaban J connectivity index is 3.94. The van der Waals surface area contributed by atoms with Gasteiger partial charge in [0.15, 0.2) is 0 Å². The summed E-state index contributed by atoms with van der Waals surface area (Å²) in [4.78, 5) is 4.17. The largest absolute Gasteiger partial charge is 0.262 e. The van der Waals surface area contributed by atoms with Crippen LogP contribution >= 0.6 is 0 Å². The summed E-state index contributed by atoms with van der Waals surface area (Å²) in [6.07, 6.45) is 7.60. The van der Waals surface area contributed by atoms with E-state index in [0.717, 1.165) is 18.5 Å². The molecule has 10 heavy (non-hydrogen) atoms. The SMILES string of the molecule is C=CC=N/C(=C\CC)CC. The Morgan fingerprint density at radius 2 is 2.20 bits per heavy atom. The van der Waals surface area contributed by atoms with Gasteiger partial charge in [-0.05, 0) is 12.8 Å². The molecule has 0 aliphatic carbocycles. The molecule has 0 spiro atoms. The van der Waals surface area contributed by atoms with Crippen molar-refractivity contribution in [3.8, 4) is 0 Å². The Bertz CT molecular complexity index is 140. The van der Waals surface area contributed by atoms with Crippen LogP contribution in [-0.2, 0) is 0 Å². The van der Waals surface area contributed by atoms with E-state index in [4.69, 9.17) is 0 Å². The van der Waals surface area contributed by atoms with E-state index in [2.05, 4.69) is 31.5 Å². The molecule has 0 bridgehead atoms. The van der Waals surface area contributed by atoms with E-state index in [9.17, 15) is 0 Å². The van der Waals surface area contributed by atoms with Gasteiger partial charge < -0.3 is 0 Å². The summed E-state index contributed by atoms with van der Waals surface area (Å²) >= 11 is 0. The van der Waals surface area contributed by atoms with Gasteiger partial charge in [-0.2, -0.15) is 0 Å². The molecular formula is C9H15N. The molecule has 1 heteroatoms. The maximum Gasteiger partial charge on any atom is 0.0360 e. The van der Waals surface area contributed by atoms with Crippen LogP contribution in [0.4, 0.5) is 0 Å². The minimum atomic E-state index is 0.998. The Labute approximate surface area is 63.2 Å². The van der Waals surface area contributed by atoms with Crippen molar-refractivity contribution in [1.82, 2.24) is 0 Å². The first-order chi connectivity index (χ1) is 4.85. The molecule has 0 aliphatic heterocycles. The Kier molecular flexibility index (Phi) is 5.74. The molecule has 0 aliphatic rings. The standard InChI is InChI=1S/C9H15N/c1-4-7-9(6-3)10-8-5-2/h5,7-8H,2,4,6H2,1,3H3/b9-7-,10-8?. The van der Waals surface area contributed by atoms with Gasteiger partial charge in [0.1, 0.15) is 0 Å². The van der Waals surface area contributed by atoms with Crippen molar-refractivity contribution in [3.05, 3.63) is 24.4 Å². The lowest BCUT2D eigenvalue weighted by Gasteiger charge is -1.92. The van der Waals surface area contributed by atoms with Crippen LogP contribution < -0.4 is 0 Å². The lowest BCUT2D eigenvalue weighted by Crippen LogP contribution is -1.75. The van der Waals surface area contributed by atoms with Crippen molar-refractivity contribution in [2.45, 2.75) is 26.7 Å². The van der Waals surface area contributed by atoms with Crippen LogP contribution in [-0.4, -0.2) is 6.21 Å². The molecule has 0 heterocycles. The van der Waals surface area contributed by atoms with Gasteiger partial charge in [-0.1, -0.05) is 32.6 Å². The van der Waals surface area contributed by atoms with E-state index < -0.39 is 0 Å². The molecule has 0 aromatic rings. The zero-order valence-electron chi connectivity index (χ0n) is 6.80. The highest BCUT2D eigenvalue weighted by Crippen LogP contribution is 2.02. The molecule has 0 rings (SSSR count). The lowest BCUT2D eigenvalue weighted by atomic mass is 10.3. The summed E-state index contributed by atoms with van der Waals surface area (Å²) in [5, 5.41) is 0. The molecule has 0 saturated carbocycles. The molecule has 0 radical (unpaired) electrons. The number of rotatable bonds is 4. The minimum Gasteiger partial charge on any atom is -0.262 e. The molecule has 0 aromatic heterocycles. The van der Waals surface area contributed by atoms with Gasteiger partial charge in [0.25, 0.3) is 0 Å². The molecule has 1 nitrogen and oxygen atoms in total. The summed E-state index contributed by atoms with van der Waals surface area (Å²) in [7, 11) is 0. The quantitative estimate of drug-likeness (QED) is 0.528. The molecule has 56 valence electrons. The molecule has 0 amide bonds. The van der Waals surface area contributed by atoms with Crippen molar-refractivity contribution in [3.63, 3.8) is 0 Å². The number of aliphatic imine (C=N–C) groups is 1. The van der Waals surface area contributed by atoms with Crippen molar-refractivity contribution in [2.24, 2.45) is 4.99 Å². The van der Waals surface area contributed by atoms with E-state index in [1.165, 1.54) is 0 Å². The number of nitrogens with zero attached hydrogens (tertiary/aromatic N) is 1. The third-order valence-electron chi connectivity index (χ3n) is 1.15. The molecular weight excluding hydrogens is 122 g/mol. The van der Waals surface area contributed by atoms with Crippen LogP contribution in [0.5, 0.6) is 0 Å². The maximum atomic E-state index is 4.17. The van der Waals surface area contributed by atoms with Gasteiger partial charge in [0, 0.05) is 11.9 Å². The first-order valence-electron chi connectivity index (χ1n) is 3.69. The second-order valence-electron chi connectivity index (χ2n) is 1.97. The summed E-state index contributed by atoms with van der Waals surface area (Å²) in [5.74, 6) is 0. The van der Waals surface area contributed by atoms with Crippen molar-refractivity contribution >= 4 is 6.21 Å². The number of hydrogen-bond acceptors (Lipinski definition) is 1. The smallest absolute Gasteiger partial charge is 0.0360 e. The minimum absolute atomic E-state index is 0.998. The summed E-state index contributed by atoms with van der Waals surface area (Å²) in [6, 6.07) is 0. The van der Waals surface area contributed by atoms with Gasteiger partial charge in [-0.3, -0.25) is 4.99 Å². The third-order valence-corrected chi connectivity index (χ3v) is 1.15. The zero-order valence-corrected chi connectivity index (χ0v) is 6.80. The normalized spacial score (nSPS) is 12.4. The molecule has 0 unspecified atom stereocenters. The molecule has 0 fully saturated rings. The maximum absolute atomic E-state index is 4.17. The van der Waals surface area contributed by atoms with Crippen molar-refractivity contribution in [2.75, 3.05) is 0 Å². The fourth-order valence-electron chi connectivity index (χ4n) is 0.672. The van der Waals surface area contributed by atoms with Crippen LogP contribution in [0.25, 0.3) is 0 Å². The number of hydrogen-bond donors (Lipinski definition) is 0. The van der Waals surface area contributed by atoms with Crippen LogP contribution in [0.15, 0.2) is 29.4 Å². The van der Waals surface area contributed by atoms with E-state index in [1.807, 2.05) is 0 Å². The summed E-state index contributed by atoms with van der Waals surface area (Å²) in [6.45, 7) is 7.76. The number of allylic oxidation sites excluding steroid dienone is 3. The van der Waals surface area contributed by atoms with Gasteiger partial charge in [-0.15, -0.1) is 0 Å². The van der Waals surface area contributed by atoms with E-state index >= 15 is 0 Å². The highest BCUT2D eigenvalue weighted by molar-refractivity contribution is 5.71. The van der Waals surface area contributed by atoms with Crippen molar-refractivity contribution in [1.29, 1.82) is 0 Å². The van der Waals surface area contributed by atoms with Crippen LogP contribution in [0.1, 0.15) is 26.7 Å². The third kappa shape index (κ3) is 4.07. The molecule has 0 saturated heterocycles. The van der Waals surface area contributed by atoms with Gasteiger partial charge in [0.05, 0.1) is 0 Å². The average molecular weight is 137 g/mol. The van der Waals surface area contributed by atoms with Crippen LogP contribution in [0.2, 0.25) is 0 Å². The first kappa shape index (κ1) is 9.15. The second-order valence-corrected chi connectivity index (χ2v) is 1.97. The Hall–Kier alpha value is -0.850. The van der Waals surface area contributed by atoms with Gasteiger partial charge >= 0.3 is 0 Å². The second kappa shape index (κ2) is 6.27.